The zero-order valence-electron chi connectivity index (χ0n) is 22.7. The highest BCUT2D eigenvalue weighted by Gasteiger charge is 2.15. The smallest absolute Gasteiger partial charge is 0.356 e. The van der Waals surface area contributed by atoms with Gasteiger partial charge in [-0.1, -0.05) is 30.3 Å². The maximum absolute atomic E-state index is 11.3. The Kier molecular flexibility index (Phi) is 12.8. The molecule has 0 aliphatic carbocycles. The van der Waals surface area contributed by atoms with E-state index in [1.165, 1.54) is 23.9 Å². The molecule has 1 aromatic carbocycles. The number of carbonyl (C=O) groups excluding carboxylic acids is 1. The summed E-state index contributed by atoms with van der Waals surface area (Å²) in [5.41, 5.74) is 1.42. The lowest BCUT2D eigenvalue weighted by molar-refractivity contribution is 0.0593. The fraction of sp³-hybridized carbons (Fsp3) is 0.462. The average Bonchev–Trinajstić information content (AvgIpc) is 3.52. The predicted octanol–water partition coefficient (Wildman–Crippen LogP) is 2.49. The van der Waals surface area contributed by atoms with Crippen molar-refractivity contribution in [2.45, 2.75) is 19.4 Å². The first kappa shape index (κ1) is 30.3. The topological polar surface area (TPSA) is 135 Å². The van der Waals surface area contributed by atoms with Gasteiger partial charge in [-0.15, -0.1) is 10.2 Å². The molecule has 208 valence electrons. The SMILES string of the molecule is CN(C)CCCOc1cc(C(=O)O)n(Cc2ccccc2)n1.COC(=O)c1cc(OCCCN(C)C)n[nH]1. The van der Waals surface area contributed by atoms with Crippen LogP contribution in [0.15, 0.2) is 42.5 Å². The largest absolute Gasteiger partial charge is 0.477 e. The van der Waals surface area contributed by atoms with E-state index >= 15 is 0 Å². The van der Waals surface area contributed by atoms with E-state index in [1.807, 2.05) is 58.5 Å². The highest BCUT2D eigenvalue weighted by Crippen LogP contribution is 2.15. The number of benzene rings is 1. The van der Waals surface area contributed by atoms with Crippen molar-refractivity contribution in [3.05, 3.63) is 59.4 Å². The Morgan fingerprint density at radius 3 is 2.11 bits per heavy atom. The Morgan fingerprint density at radius 1 is 0.947 bits per heavy atom. The summed E-state index contributed by atoms with van der Waals surface area (Å²) in [6.07, 6.45) is 1.77. The van der Waals surface area contributed by atoms with Gasteiger partial charge in [0.15, 0.2) is 5.69 Å². The van der Waals surface area contributed by atoms with Gasteiger partial charge in [-0.05, 0) is 46.6 Å². The van der Waals surface area contributed by atoms with E-state index in [9.17, 15) is 14.7 Å². The quantitative estimate of drug-likeness (QED) is 0.236. The van der Waals surface area contributed by atoms with Gasteiger partial charge in [0.1, 0.15) is 5.69 Å². The number of nitrogens with zero attached hydrogens (tertiary/aromatic N) is 5. The summed E-state index contributed by atoms with van der Waals surface area (Å²) >= 11 is 0. The molecule has 0 saturated carbocycles. The highest BCUT2D eigenvalue weighted by molar-refractivity contribution is 5.87. The molecule has 0 unspecified atom stereocenters. The van der Waals surface area contributed by atoms with Crippen LogP contribution >= 0.6 is 0 Å². The number of H-pyrrole nitrogens is 1. The van der Waals surface area contributed by atoms with Crippen LogP contribution in [0.5, 0.6) is 11.8 Å². The molecule has 0 fully saturated rings. The van der Waals surface area contributed by atoms with Crippen LogP contribution in [0, 0.1) is 0 Å². The number of aromatic nitrogens is 4. The van der Waals surface area contributed by atoms with Gasteiger partial charge in [0.05, 0.1) is 26.9 Å². The molecule has 0 saturated heterocycles. The van der Waals surface area contributed by atoms with E-state index in [0.717, 1.165) is 31.5 Å². The van der Waals surface area contributed by atoms with E-state index in [1.54, 1.807) is 0 Å². The van der Waals surface area contributed by atoms with Crippen LogP contribution in [0.3, 0.4) is 0 Å². The first-order valence-corrected chi connectivity index (χ1v) is 12.2. The second-order valence-corrected chi connectivity index (χ2v) is 8.94. The summed E-state index contributed by atoms with van der Waals surface area (Å²) in [5, 5.41) is 19.9. The molecule has 38 heavy (non-hydrogen) atoms. The lowest BCUT2D eigenvalue weighted by atomic mass is 10.2. The third kappa shape index (κ3) is 11.0. The van der Waals surface area contributed by atoms with Crippen molar-refractivity contribution >= 4 is 11.9 Å². The third-order valence-electron chi connectivity index (χ3n) is 5.11. The summed E-state index contributed by atoms with van der Waals surface area (Å²) in [5.74, 6) is -0.687. The fourth-order valence-corrected chi connectivity index (χ4v) is 3.22. The van der Waals surface area contributed by atoms with Gasteiger partial charge < -0.3 is 29.1 Å². The van der Waals surface area contributed by atoms with E-state index in [2.05, 4.69) is 29.8 Å². The summed E-state index contributed by atoms with van der Waals surface area (Å²) < 4.78 is 16.9. The number of carboxylic acid groups (broad SMARTS) is 1. The van der Waals surface area contributed by atoms with Crippen molar-refractivity contribution in [3.8, 4) is 11.8 Å². The minimum Gasteiger partial charge on any atom is -0.477 e. The van der Waals surface area contributed by atoms with Gasteiger partial charge in [0, 0.05) is 25.2 Å². The molecule has 3 rings (SSSR count). The number of carbonyl (C=O) groups is 2. The summed E-state index contributed by atoms with van der Waals surface area (Å²) in [6, 6.07) is 12.6. The fourth-order valence-electron chi connectivity index (χ4n) is 3.22. The third-order valence-corrected chi connectivity index (χ3v) is 5.11. The number of aromatic amines is 1. The Hall–Kier alpha value is -3.90. The van der Waals surface area contributed by atoms with Crippen molar-refractivity contribution in [1.82, 2.24) is 29.8 Å². The number of methoxy groups -OCH3 is 1. The average molecular weight is 531 g/mol. The first-order valence-electron chi connectivity index (χ1n) is 12.2. The zero-order valence-corrected chi connectivity index (χ0v) is 22.7. The molecular formula is C26H38N6O6. The van der Waals surface area contributed by atoms with Crippen molar-refractivity contribution in [2.24, 2.45) is 0 Å². The predicted molar refractivity (Wildman–Crippen MR) is 142 cm³/mol. The van der Waals surface area contributed by atoms with Crippen molar-refractivity contribution < 1.29 is 28.9 Å². The number of esters is 1. The van der Waals surface area contributed by atoms with E-state index in [0.29, 0.717) is 37.2 Å². The Labute approximate surface area is 223 Å². The highest BCUT2D eigenvalue weighted by atomic mass is 16.5. The maximum atomic E-state index is 11.3. The molecule has 0 amide bonds. The van der Waals surface area contributed by atoms with E-state index in [4.69, 9.17) is 9.47 Å². The Balaban J connectivity index is 0.000000281. The summed E-state index contributed by atoms with van der Waals surface area (Å²) in [6.45, 7) is 3.36. The Bertz CT molecular complexity index is 1110. The molecule has 2 N–H and O–H groups in total. The monoisotopic (exact) mass is 530 g/mol. The van der Waals surface area contributed by atoms with Crippen molar-refractivity contribution in [2.75, 3.05) is 61.6 Å². The standard InChI is InChI=1S/C16H21N3O3.C10H17N3O3/c1-18(2)9-6-10-22-15-11-14(16(20)21)19(17-15)12-13-7-4-3-5-8-13;1-13(2)5-4-6-16-9-7-8(11-12-9)10(14)15-3/h3-5,7-8,11H,6,9-10,12H2,1-2H3,(H,20,21);7H,4-6H2,1-3H3,(H,11,12). The van der Waals surface area contributed by atoms with Crippen LogP contribution in [-0.4, -0.2) is 108 Å². The summed E-state index contributed by atoms with van der Waals surface area (Å²) in [7, 11) is 9.32. The minimum absolute atomic E-state index is 0.131. The molecular weight excluding hydrogens is 492 g/mol. The van der Waals surface area contributed by atoms with Crippen LogP contribution in [0.1, 0.15) is 39.4 Å². The molecule has 0 aliphatic heterocycles. The summed E-state index contributed by atoms with van der Waals surface area (Å²) in [4.78, 5) is 26.6. The van der Waals surface area contributed by atoms with Gasteiger partial charge in [-0.3, -0.25) is 5.10 Å². The number of aromatic carboxylic acids is 1. The number of ether oxygens (including phenoxy) is 3. The van der Waals surface area contributed by atoms with Gasteiger partial charge in [0.2, 0.25) is 11.8 Å². The number of nitrogens with one attached hydrogen (secondary N) is 1. The van der Waals surface area contributed by atoms with Crippen molar-refractivity contribution in [3.63, 3.8) is 0 Å². The maximum Gasteiger partial charge on any atom is 0.356 e. The molecule has 0 radical (unpaired) electrons. The van der Waals surface area contributed by atoms with E-state index in [-0.39, 0.29) is 5.69 Å². The molecule has 2 aromatic heterocycles. The normalized spacial score (nSPS) is 10.7. The number of rotatable bonds is 14. The van der Waals surface area contributed by atoms with Crippen LogP contribution in [0.25, 0.3) is 0 Å². The number of hydrogen-bond donors (Lipinski definition) is 2. The number of hydrogen-bond acceptors (Lipinski definition) is 9. The second-order valence-electron chi connectivity index (χ2n) is 8.94. The lowest BCUT2D eigenvalue weighted by Crippen LogP contribution is -2.15. The van der Waals surface area contributed by atoms with Gasteiger partial charge in [-0.25, -0.2) is 14.3 Å². The van der Waals surface area contributed by atoms with Crippen LogP contribution in [0.2, 0.25) is 0 Å². The van der Waals surface area contributed by atoms with Crippen LogP contribution < -0.4 is 9.47 Å². The van der Waals surface area contributed by atoms with Crippen LogP contribution in [0.4, 0.5) is 0 Å². The van der Waals surface area contributed by atoms with Gasteiger partial charge in [-0.2, -0.15) is 0 Å². The minimum atomic E-state index is -1.01. The zero-order chi connectivity index (χ0) is 27.9. The van der Waals surface area contributed by atoms with Crippen molar-refractivity contribution in [1.29, 1.82) is 0 Å². The second kappa shape index (κ2) is 16.0. The first-order chi connectivity index (χ1) is 18.2. The van der Waals surface area contributed by atoms with Crippen LogP contribution in [-0.2, 0) is 11.3 Å². The molecule has 0 aliphatic rings. The van der Waals surface area contributed by atoms with E-state index < -0.39 is 11.9 Å². The molecule has 12 nitrogen and oxygen atoms in total. The lowest BCUT2D eigenvalue weighted by Gasteiger charge is -2.08. The molecule has 0 bridgehead atoms. The van der Waals surface area contributed by atoms with Gasteiger partial charge in [0.25, 0.3) is 0 Å². The molecule has 12 heteroatoms. The Morgan fingerprint density at radius 2 is 1.55 bits per heavy atom. The molecule has 0 spiro atoms. The molecule has 3 aromatic rings. The van der Waals surface area contributed by atoms with Gasteiger partial charge >= 0.3 is 11.9 Å². The molecule has 0 atom stereocenters. The molecule has 2 heterocycles. The number of carboxylic acids is 1.